The number of hydrogen-bond donors (Lipinski definition) is 0. The molecule has 0 N–H and O–H groups in total. The lowest BCUT2D eigenvalue weighted by atomic mass is 10.0. The Balaban J connectivity index is 2.28. The molecule has 96 valence electrons. The summed E-state index contributed by atoms with van der Waals surface area (Å²) in [6, 6.07) is 5.21. The highest BCUT2D eigenvalue weighted by Crippen LogP contribution is 2.43. The SMILES string of the molecule is CC(C)=NOCc1c(C2CC2)cccc1[N+](=O)[O-]. The van der Waals surface area contributed by atoms with E-state index in [1.54, 1.807) is 6.07 Å². The van der Waals surface area contributed by atoms with Crippen molar-refractivity contribution in [3.8, 4) is 0 Å². The highest BCUT2D eigenvalue weighted by molar-refractivity contribution is 5.78. The molecule has 0 heterocycles. The first kappa shape index (κ1) is 12.5. The molecule has 0 saturated heterocycles. The topological polar surface area (TPSA) is 64.7 Å². The Hall–Kier alpha value is -1.91. The molecule has 5 heteroatoms. The highest BCUT2D eigenvalue weighted by atomic mass is 16.6. The average Bonchev–Trinajstić information content (AvgIpc) is 3.12. The van der Waals surface area contributed by atoms with E-state index in [-0.39, 0.29) is 17.2 Å². The van der Waals surface area contributed by atoms with Crippen LogP contribution in [0.15, 0.2) is 23.4 Å². The Morgan fingerprint density at radius 1 is 1.50 bits per heavy atom. The zero-order valence-electron chi connectivity index (χ0n) is 10.5. The van der Waals surface area contributed by atoms with Crippen LogP contribution in [0.25, 0.3) is 0 Å². The lowest BCUT2D eigenvalue weighted by Gasteiger charge is -2.08. The smallest absolute Gasteiger partial charge is 0.276 e. The van der Waals surface area contributed by atoms with Gasteiger partial charge in [0.2, 0.25) is 0 Å². The molecule has 1 aliphatic carbocycles. The maximum Gasteiger partial charge on any atom is 0.276 e. The fourth-order valence-corrected chi connectivity index (χ4v) is 1.92. The molecule has 0 atom stereocenters. The number of nitro groups is 1. The Morgan fingerprint density at radius 2 is 2.22 bits per heavy atom. The molecule has 2 rings (SSSR count). The minimum Gasteiger partial charge on any atom is -0.391 e. The quantitative estimate of drug-likeness (QED) is 0.455. The Bertz CT molecular complexity index is 489. The van der Waals surface area contributed by atoms with Gasteiger partial charge in [0, 0.05) is 6.07 Å². The third-order valence-corrected chi connectivity index (χ3v) is 2.86. The lowest BCUT2D eigenvalue weighted by Crippen LogP contribution is -2.01. The van der Waals surface area contributed by atoms with Crippen LogP contribution in [0.1, 0.15) is 43.7 Å². The van der Waals surface area contributed by atoms with E-state index in [1.807, 2.05) is 19.9 Å². The molecule has 0 aromatic heterocycles. The normalized spacial score (nSPS) is 14.1. The zero-order chi connectivity index (χ0) is 13.1. The van der Waals surface area contributed by atoms with Crippen LogP contribution in [0, 0.1) is 10.1 Å². The molecule has 1 aliphatic rings. The number of hydrogen-bond acceptors (Lipinski definition) is 4. The van der Waals surface area contributed by atoms with E-state index in [0.717, 1.165) is 24.1 Å². The summed E-state index contributed by atoms with van der Waals surface area (Å²) in [6.07, 6.45) is 2.20. The van der Waals surface area contributed by atoms with Gasteiger partial charge in [-0.3, -0.25) is 10.1 Å². The van der Waals surface area contributed by atoms with Gasteiger partial charge in [0.1, 0.15) is 6.61 Å². The van der Waals surface area contributed by atoms with Gasteiger partial charge in [0.15, 0.2) is 0 Å². The fraction of sp³-hybridized carbons (Fsp3) is 0.462. The van der Waals surface area contributed by atoms with E-state index >= 15 is 0 Å². The van der Waals surface area contributed by atoms with E-state index in [4.69, 9.17) is 4.84 Å². The van der Waals surface area contributed by atoms with Gasteiger partial charge in [-0.05, 0) is 38.2 Å². The van der Waals surface area contributed by atoms with E-state index in [9.17, 15) is 10.1 Å². The van der Waals surface area contributed by atoms with Crippen LogP contribution >= 0.6 is 0 Å². The summed E-state index contributed by atoms with van der Waals surface area (Å²) in [5.74, 6) is 0.454. The van der Waals surface area contributed by atoms with Crippen molar-refractivity contribution in [3.05, 3.63) is 39.4 Å². The minimum absolute atomic E-state index is 0.128. The number of benzene rings is 1. The standard InChI is InChI=1S/C13H16N2O3/c1-9(2)14-18-8-12-11(10-6-7-10)4-3-5-13(12)15(16)17/h3-5,10H,6-8H2,1-2H3. The molecule has 0 spiro atoms. The second kappa shape index (κ2) is 5.16. The zero-order valence-corrected chi connectivity index (χ0v) is 10.5. The molecule has 0 aliphatic heterocycles. The molecular formula is C13H16N2O3. The minimum atomic E-state index is -0.354. The van der Waals surface area contributed by atoms with Crippen molar-refractivity contribution in [2.75, 3.05) is 0 Å². The second-order valence-electron chi connectivity index (χ2n) is 4.69. The van der Waals surface area contributed by atoms with E-state index in [2.05, 4.69) is 5.16 Å². The molecule has 5 nitrogen and oxygen atoms in total. The van der Waals surface area contributed by atoms with Crippen molar-refractivity contribution in [3.63, 3.8) is 0 Å². The van der Waals surface area contributed by atoms with Crippen molar-refractivity contribution in [1.82, 2.24) is 0 Å². The van der Waals surface area contributed by atoms with Gasteiger partial charge in [-0.25, -0.2) is 0 Å². The summed E-state index contributed by atoms with van der Waals surface area (Å²) in [6.45, 7) is 3.80. The summed E-state index contributed by atoms with van der Waals surface area (Å²) in [5.41, 5.74) is 2.62. The van der Waals surface area contributed by atoms with Crippen LogP contribution in [0.2, 0.25) is 0 Å². The molecule has 0 amide bonds. The van der Waals surface area contributed by atoms with Crippen molar-refractivity contribution >= 4 is 11.4 Å². The van der Waals surface area contributed by atoms with Crippen molar-refractivity contribution in [2.24, 2.45) is 5.16 Å². The number of nitrogens with zero attached hydrogens (tertiary/aromatic N) is 2. The summed E-state index contributed by atoms with van der Waals surface area (Å²) in [7, 11) is 0. The molecule has 0 unspecified atom stereocenters. The monoisotopic (exact) mass is 248 g/mol. The third kappa shape index (κ3) is 2.85. The Labute approximate surface area is 106 Å². The molecule has 1 fully saturated rings. The molecule has 18 heavy (non-hydrogen) atoms. The van der Waals surface area contributed by atoms with Gasteiger partial charge in [0.05, 0.1) is 16.2 Å². The van der Waals surface area contributed by atoms with Gasteiger partial charge in [-0.1, -0.05) is 17.3 Å². The molecule has 1 aromatic carbocycles. The van der Waals surface area contributed by atoms with Crippen LogP contribution in [0.4, 0.5) is 5.69 Å². The number of oxime groups is 1. The van der Waals surface area contributed by atoms with Crippen molar-refractivity contribution < 1.29 is 9.76 Å². The van der Waals surface area contributed by atoms with Crippen LogP contribution < -0.4 is 0 Å². The fourth-order valence-electron chi connectivity index (χ4n) is 1.92. The van der Waals surface area contributed by atoms with Crippen LogP contribution in [-0.2, 0) is 11.4 Å². The molecular weight excluding hydrogens is 232 g/mol. The van der Waals surface area contributed by atoms with Gasteiger partial charge in [-0.15, -0.1) is 0 Å². The van der Waals surface area contributed by atoms with Crippen LogP contribution in [-0.4, -0.2) is 10.6 Å². The van der Waals surface area contributed by atoms with E-state index in [1.165, 1.54) is 6.07 Å². The van der Waals surface area contributed by atoms with E-state index < -0.39 is 0 Å². The van der Waals surface area contributed by atoms with E-state index in [0.29, 0.717) is 11.5 Å². The number of rotatable bonds is 5. The van der Waals surface area contributed by atoms with Gasteiger partial charge in [0.25, 0.3) is 5.69 Å². The summed E-state index contributed by atoms with van der Waals surface area (Å²) in [4.78, 5) is 15.8. The molecule has 0 bridgehead atoms. The Morgan fingerprint density at radius 3 is 2.78 bits per heavy atom. The first-order valence-electron chi connectivity index (χ1n) is 5.99. The van der Waals surface area contributed by atoms with Gasteiger partial charge >= 0.3 is 0 Å². The summed E-state index contributed by atoms with van der Waals surface area (Å²) in [5, 5.41) is 14.9. The maximum atomic E-state index is 11.0. The van der Waals surface area contributed by atoms with Crippen molar-refractivity contribution in [2.45, 2.75) is 39.2 Å². The first-order chi connectivity index (χ1) is 8.59. The largest absolute Gasteiger partial charge is 0.391 e. The average molecular weight is 248 g/mol. The Kier molecular flexibility index (Phi) is 3.60. The summed E-state index contributed by atoms with van der Waals surface area (Å²) >= 11 is 0. The van der Waals surface area contributed by atoms with Crippen LogP contribution in [0.5, 0.6) is 0 Å². The molecule has 0 radical (unpaired) electrons. The predicted molar refractivity (Wildman–Crippen MR) is 68.6 cm³/mol. The first-order valence-corrected chi connectivity index (χ1v) is 5.99. The summed E-state index contributed by atoms with van der Waals surface area (Å²) < 4.78 is 0. The highest BCUT2D eigenvalue weighted by Gasteiger charge is 2.29. The maximum absolute atomic E-state index is 11.0. The van der Waals surface area contributed by atoms with Gasteiger partial charge in [-0.2, -0.15) is 0 Å². The third-order valence-electron chi connectivity index (χ3n) is 2.86. The molecule has 1 aromatic rings. The predicted octanol–water partition coefficient (Wildman–Crippen LogP) is 3.38. The number of nitro benzene ring substituents is 1. The van der Waals surface area contributed by atoms with Crippen molar-refractivity contribution in [1.29, 1.82) is 0 Å². The van der Waals surface area contributed by atoms with Crippen LogP contribution in [0.3, 0.4) is 0 Å². The molecule has 1 saturated carbocycles. The second-order valence-corrected chi connectivity index (χ2v) is 4.69. The lowest BCUT2D eigenvalue weighted by molar-refractivity contribution is -0.386. The van der Waals surface area contributed by atoms with Gasteiger partial charge < -0.3 is 4.84 Å².